The highest BCUT2D eigenvalue weighted by Crippen LogP contribution is 2.30. The molecule has 0 radical (unpaired) electrons. The summed E-state index contributed by atoms with van der Waals surface area (Å²) in [6, 6.07) is 11.9. The third-order valence-electron chi connectivity index (χ3n) is 3.72. The van der Waals surface area contributed by atoms with Crippen molar-refractivity contribution in [2.24, 2.45) is 0 Å². The Morgan fingerprint density at radius 2 is 1.96 bits per heavy atom. The standard InChI is InChI=1S/C18H14ClFN2O3S/c19-11-2-1-3-14(8-11)22-17(24)9-15(18(22)25)26-10-16(23)21-13-6-4-12(20)5-7-13/h1-8,15H,9-10H2,(H,21,23)/t15-/m1/s1. The Morgan fingerprint density at radius 1 is 1.23 bits per heavy atom. The van der Waals surface area contributed by atoms with Crippen LogP contribution < -0.4 is 10.2 Å². The molecule has 1 aliphatic heterocycles. The van der Waals surface area contributed by atoms with Crippen molar-refractivity contribution in [1.82, 2.24) is 0 Å². The van der Waals surface area contributed by atoms with Crippen molar-refractivity contribution >= 4 is 52.5 Å². The zero-order valence-electron chi connectivity index (χ0n) is 13.4. The average molecular weight is 393 g/mol. The molecular formula is C18H14ClFN2O3S. The highest BCUT2D eigenvalue weighted by atomic mass is 35.5. The molecule has 0 aromatic heterocycles. The molecule has 1 saturated heterocycles. The van der Waals surface area contributed by atoms with Crippen LogP contribution in [0.1, 0.15) is 6.42 Å². The summed E-state index contributed by atoms with van der Waals surface area (Å²) in [5, 5.41) is 2.42. The van der Waals surface area contributed by atoms with Crippen LogP contribution >= 0.6 is 23.4 Å². The largest absolute Gasteiger partial charge is 0.325 e. The molecule has 2 aromatic carbocycles. The number of thioether (sulfide) groups is 1. The molecule has 0 aliphatic carbocycles. The van der Waals surface area contributed by atoms with Gasteiger partial charge in [-0.15, -0.1) is 11.8 Å². The van der Waals surface area contributed by atoms with Crippen LogP contribution in [0.15, 0.2) is 48.5 Å². The van der Waals surface area contributed by atoms with Gasteiger partial charge in [0.15, 0.2) is 0 Å². The van der Waals surface area contributed by atoms with Gasteiger partial charge >= 0.3 is 0 Å². The Morgan fingerprint density at radius 3 is 2.65 bits per heavy atom. The molecule has 0 bridgehead atoms. The van der Waals surface area contributed by atoms with E-state index < -0.39 is 11.1 Å². The number of benzene rings is 2. The lowest BCUT2D eigenvalue weighted by atomic mass is 10.3. The number of carbonyl (C=O) groups is 3. The summed E-state index contributed by atoms with van der Waals surface area (Å²) in [6.07, 6.45) is 0.0276. The quantitative estimate of drug-likeness (QED) is 0.791. The molecule has 1 heterocycles. The second-order valence-electron chi connectivity index (χ2n) is 5.61. The van der Waals surface area contributed by atoms with E-state index in [1.54, 1.807) is 24.3 Å². The zero-order chi connectivity index (χ0) is 18.7. The summed E-state index contributed by atoms with van der Waals surface area (Å²) in [5.74, 6) is -1.41. The molecule has 8 heteroatoms. The minimum atomic E-state index is -0.625. The van der Waals surface area contributed by atoms with Gasteiger partial charge in [0.2, 0.25) is 17.7 Å². The number of carbonyl (C=O) groups excluding carboxylic acids is 3. The van der Waals surface area contributed by atoms with Crippen LogP contribution in [-0.4, -0.2) is 28.7 Å². The van der Waals surface area contributed by atoms with Gasteiger partial charge in [-0.2, -0.15) is 0 Å². The minimum absolute atomic E-state index is 0.00441. The topological polar surface area (TPSA) is 66.5 Å². The van der Waals surface area contributed by atoms with Gasteiger partial charge in [0.25, 0.3) is 0 Å². The molecule has 26 heavy (non-hydrogen) atoms. The number of amides is 3. The van der Waals surface area contributed by atoms with E-state index in [4.69, 9.17) is 11.6 Å². The molecule has 134 valence electrons. The van der Waals surface area contributed by atoms with E-state index in [0.717, 1.165) is 16.7 Å². The Kier molecular flexibility index (Phi) is 5.58. The second kappa shape index (κ2) is 7.88. The van der Waals surface area contributed by atoms with Gasteiger partial charge in [-0.25, -0.2) is 9.29 Å². The average Bonchev–Trinajstić information content (AvgIpc) is 2.89. The number of imide groups is 1. The molecule has 3 rings (SSSR count). The van der Waals surface area contributed by atoms with Gasteiger partial charge in [0.1, 0.15) is 5.82 Å². The van der Waals surface area contributed by atoms with E-state index in [-0.39, 0.29) is 29.9 Å². The van der Waals surface area contributed by atoms with Crippen molar-refractivity contribution in [3.63, 3.8) is 0 Å². The molecule has 0 unspecified atom stereocenters. The lowest BCUT2D eigenvalue weighted by Crippen LogP contribution is -2.31. The van der Waals surface area contributed by atoms with Crippen molar-refractivity contribution < 1.29 is 18.8 Å². The maximum absolute atomic E-state index is 12.9. The Hall–Kier alpha value is -2.38. The van der Waals surface area contributed by atoms with E-state index >= 15 is 0 Å². The van der Waals surface area contributed by atoms with Crippen LogP contribution in [0.2, 0.25) is 5.02 Å². The van der Waals surface area contributed by atoms with Gasteiger partial charge in [-0.05, 0) is 42.5 Å². The Labute approximate surface area is 158 Å². The second-order valence-corrected chi connectivity index (χ2v) is 7.23. The van der Waals surface area contributed by atoms with Gasteiger partial charge in [-0.1, -0.05) is 17.7 Å². The molecule has 1 N–H and O–H groups in total. The third kappa shape index (κ3) is 4.23. The summed E-state index contributed by atoms with van der Waals surface area (Å²) >= 11 is 7.01. The van der Waals surface area contributed by atoms with Crippen molar-refractivity contribution in [1.29, 1.82) is 0 Å². The molecule has 2 aromatic rings. The molecule has 1 aliphatic rings. The molecule has 3 amide bonds. The minimum Gasteiger partial charge on any atom is -0.325 e. The lowest BCUT2D eigenvalue weighted by Gasteiger charge is -2.15. The van der Waals surface area contributed by atoms with Crippen LogP contribution in [0.5, 0.6) is 0 Å². The summed E-state index contributed by atoms with van der Waals surface area (Å²) in [5.41, 5.74) is 0.887. The SMILES string of the molecule is O=C(CS[C@@H]1CC(=O)N(c2cccc(Cl)c2)C1=O)Nc1ccc(F)cc1. The number of nitrogens with one attached hydrogen (secondary N) is 1. The van der Waals surface area contributed by atoms with Crippen molar-refractivity contribution in [2.45, 2.75) is 11.7 Å². The van der Waals surface area contributed by atoms with Crippen LogP contribution in [0, 0.1) is 5.82 Å². The van der Waals surface area contributed by atoms with Crippen molar-refractivity contribution in [2.75, 3.05) is 16.0 Å². The van der Waals surface area contributed by atoms with Gasteiger partial charge in [-0.3, -0.25) is 14.4 Å². The number of hydrogen-bond donors (Lipinski definition) is 1. The van der Waals surface area contributed by atoms with Crippen LogP contribution in [0.4, 0.5) is 15.8 Å². The highest BCUT2D eigenvalue weighted by molar-refractivity contribution is 8.01. The van der Waals surface area contributed by atoms with Gasteiger partial charge in [0, 0.05) is 17.1 Å². The van der Waals surface area contributed by atoms with E-state index in [0.29, 0.717) is 16.4 Å². The smallest absolute Gasteiger partial charge is 0.247 e. The number of hydrogen-bond acceptors (Lipinski definition) is 4. The van der Waals surface area contributed by atoms with E-state index in [1.807, 2.05) is 0 Å². The summed E-state index contributed by atoms with van der Waals surface area (Å²) in [4.78, 5) is 37.8. The molecular weight excluding hydrogens is 379 g/mol. The maximum atomic E-state index is 12.9. The van der Waals surface area contributed by atoms with E-state index in [9.17, 15) is 18.8 Å². The fourth-order valence-electron chi connectivity index (χ4n) is 2.53. The highest BCUT2D eigenvalue weighted by Gasteiger charge is 2.40. The Bertz CT molecular complexity index is 860. The molecule has 0 saturated carbocycles. The number of rotatable bonds is 5. The van der Waals surface area contributed by atoms with Gasteiger partial charge < -0.3 is 5.32 Å². The predicted molar refractivity (Wildman–Crippen MR) is 99.8 cm³/mol. The van der Waals surface area contributed by atoms with Crippen molar-refractivity contribution in [3.8, 4) is 0 Å². The summed E-state index contributed by atoms with van der Waals surface area (Å²) in [7, 11) is 0. The molecule has 1 atom stereocenters. The van der Waals surface area contributed by atoms with Crippen LogP contribution in [0.3, 0.4) is 0 Å². The maximum Gasteiger partial charge on any atom is 0.247 e. The first-order valence-electron chi connectivity index (χ1n) is 7.73. The fourth-order valence-corrected chi connectivity index (χ4v) is 3.64. The van der Waals surface area contributed by atoms with Gasteiger partial charge in [0.05, 0.1) is 16.7 Å². The first-order valence-corrected chi connectivity index (χ1v) is 9.16. The molecule has 5 nitrogen and oxygen atoms in total. The Balaban J connectivity index is 1.59. The third-order valence-corrected chi connectivity index (χ3v) is 5.15. The number of halogens is 2. The van der Waals surface area contributed by atoms with Crippen LogP contribution in [0.25, 0.3) is 0 Å². The predicted octanol–water partition coefficient (Wildman–Crippen LogP) is 3.48. The number of nitrogens with zero attached hydrogens (tertiary/aromatic N) is 1. The van der Waals surface area contributed by atoms with E-state index in [2.05, 4.69) is 5.32 Å². The fraction of sp³-hybridized carbons (Fsp3) is 0.167. The number of anilines is 2. The first-order chi connectivity index (χ1) is 12.4. The van der Waals surface area contributed by atoms with E-state index in [1.165, 1.54) is 24.3 Å². The molecule has 1 fully saturated rings. The molecule has 0 spiro atoms. The zero-order valence-corrected chi connectivity index (χ0v) is 15.0. The lowest BCUT2D eigenvalue weighted by molar-refractivity contribution is -0.121. The van der Waals surface area contributed by atoms with Crippen molar-refractivity contribution in [3.05, 3.63) is 59.4 Å². The summed E-state index contributed by atoms with van der Waals surface area (Å²) < 4.78 is 12.9. The monoisotopic (exact) mass is 392 g/mol. The normalized spacial score (nSPS) is 16.8. The summed E-state index contributed by atoms with van der Waals surface area (Å²) in [6.45, 7) is 0. The van der Waals surface area contributed by atoms with Crippen LogP contribution in [-0.2, 0) is 14.4 Å². The first kappa shape index (κ1) is 18.4.